The minimum atomic E-state index is -0.324. The summed E-state index contributed by atoms with van der Waals surface area (Å²) in [7, 11) is 1.55. The molecule has 3 aromatic rings. The Bertz CT molecular complexity index is 1130. The zero-order valence-corrected chi connectivity index (χ0v) is 18.6. The average molecular weight is 454 g/mol. The van der Waals surface area contributed by atoms with E-state index in [2.05, 4.69) is 10.3 Å². The fraction of sp³-hybridized carbons (Fsp3) is 0.261. The number of fused-ring (bicyclic) bond motifs is 1. The maximum Gasteiger partial charge on any atom is 0.265 e. The lowest BCUT2D eigenvalue weighted by molar-refractivity contribution is -0.121. The summed E-state index contributed by atoms with van der Waals surface area (Å²) >= 11 is 1.32. The zero-order chi connectivity index (χ0) is 22.5. The summed E-state index contributed by atoms with van der Waals surface area (Å²) in [6.45, 7) is 2.54. The SMILES string of the molecule is CCCN1C(=O)COc2ccc(-c3csc(NC(=O)COc4ccccc4OC)n3)cc21. The monoisotopic (exact) mass is 453 g/mol. The molecule has 0 fully saturated rings. The lowest BCUT2D eigenvalue weighted by Gasteiger charge is -2.29. The Labute approximate surface area is 189 Å². The number of hydrogen-bond acceptors (Lipinski definition) is 7. The molecule has 2 amide bonds. The molecule has 8 nitrogen and oxygen atoms in total. The molecule has 0 aliphatic carbocycles. The van der Waals surface area contributed by atoms with Crippen molar-refractivity contribution in [3.63, 3.8) is 0 Å². The van der Waals surface area contributed by atoms with Gasteiger partial charge in [0.25, 0.3) is 11.8 Å². The molecule has 0 spiro atoms. The number of nitrogens with zero attached hydrogens (tertiary/aromatic N) is 2. The van der Waals surface area contributed by atoms with Crippen LogP contribution in [0.5, 0.6) is 17.2 Å². The third-order valence-electron chi connectivity index (χ3n) is 4.82. The number of para-hydroxylation sites is 2. The number of anilines is 2. The summed E-state index contributed by atoms with van der Waals surface area (Å²) in [6.07, 6.45) is 0.846. The van der Waals surface area contributed by atoms with E-state index in [-0.39, 0.29) is 25.0 Å². The van der Waals surface area contributed by atoms with Gasteiger partial charge in [0, 0.05) is 17.5 Å². The number of carbonyl (C=O) groups is 2. The van der Waals surface area contributed by atoms with Crippen LogP contribution in [0.15, 0.2) is 47.8 Å². The highest BCUT2D eigenvalue weighted by atomic mass is 32.1. The molecule has 166 valence electrons. The molecule has 1 aliphatic heterocycles. The molecule has 2 aromatic carbocycles. The Kier molecular flexibility index (Phi) is 6.55. The zero-order valence-electron chi connectivity index (χ0n) is 17.8. The minimum Gasteiger partial charge on any atom is -0.493 e. The summed E-state index contributed by atoms with van der Waals surface area (Å²) in [5.74, 6) is 1.35. The van der Waals surface area contributed by atoms with E-state index in [0.717, 1.165) is 17.7 Å². The van der Waals surface area contributed by atoms with E-state index in [1.165, 1.54) is 11.3 Å². The van der Waals surface area contributed by atoms with E-state index in [4.69, 9.17) is 14.2 Å². The molecule has 1 aliphatic rings. The van der Waals surface area contributed by atoms with Crippen LogP contribution in [0.2, 0.25) is 0 Å². The quantitative estimate of drug-likeness (QED) is 0.555. The second-order valence-electron chi connectivity index (χ2n) is 7.04. The summed E-state index contributed by atoms with van der Waals surface area (Å²) < 4.78 is 16.3. The Morgan fingerprint density at radius 2 is 2.06 bits per heavy atom. The smallest absolute Gasteiger partial charge is 0.265 e. The highest BCUT2D eigenvalue weighted by Gasteiger charge is 2.25. The third kappa shape index (κ3) is 4.67. The van der Waals surface area contributed by atoms with Gasteiger partial charge in [-0.05, 0) is 36.8 Å². The lowest BCUT2D eigenvalue weighted by Crippen LogP contribution is -2.39. The first-order chi connectivity index (χ1) is 15.6. The normalized spacial score (nSPS) is 12.7. The van der Waals surface area contributed by atoms with E-state index >= 15 is 0 Å². The summed E-state index contributed by atoms with van der Waals surface area (Å²) in [5.41, 5.74) is 2.28. The topological polar surface area (TPSA) is 90.0 Å². The molecule has 32 heavy (non-hydrogen) atoms. The number of hydrogen-bond donors (Lipinski definition) is 1. The van der Waals surface area contributed by atoms with Gasteiger partial charge in [-0.15, -0.1) is 11.3 Å². The number of nitrogens with one attached hydrogen (secondary N) is 1. The Morgan fingerprint density at radius 1 is 1.25 bits per heavy atom. The highest BCUT2D eigenvalue weighted by molar-refractivity contribution is 7.14. The van der Waals surface area contributed by atoms with Crippen LogP contribution in [-0.2, 0) is 9.59 Å². The molecular weight excluding hydrogens is 430 g/mol. The third-order valence-corrected chi connectivity index (χ3v) is 5.58. The van der Waals surface area contributed by atoms with Crippen LogP contribution in [0.4, 0.5) is 10.8 Å². The van der Waals surface area contributed by atoms with Crippen molar-refractivity contribution in [2.75, 3.05) is 37.1 Å². The molecule has 0 saturated heterocycles. The minimum absolute atomic E-state index is 0.0517. The van der Waals surface area contributed by atoms with Gasteiger partial charge >= 0.3 is 0 Å². The van der Waals surface area contributed by atoms with Gasteiger partial charge in [-0.1, -0.05) is 19.1 Å². The fourth-order valence-electron chi connectivity index (χ4n) is 3.33. The van der Waals surface area contributed by atoms with E-state index in [1.54, 1.807) is 24.1 Å². The average Bonchev–Trinajstić information content (AvgIpc) is 3.28. The van der Waals surface area contributed by atoms with Gasteiger partial charge in [-0.2, -0.15) is 0 Å². The first-order valence-electron chi connectivity index (χ1n) is 10.2. The van der Waals surface area contributed by atoms with Crippen molar-refractivity contribution >= 4 is 34.0 Å². The van der Waals surface area contributed by atoms with E-state index in [0.29, 0.717) is 34.6 Å². The van der Waals surface area contributed by atoms with Crippen LogP contribution < -0.4 is 24.4 Å². The molecular formula is C23H23N3O5S. The molecule has 0 atom stereocenters. The number of rotatable bonds is 8. The van der Waals surface area contributed by atoms with Crippen molar-refractivity contribution < 1.29 is 23.8 Å². The molecule has 4 rings (SSSR count). The molecule has 0 saturated carbocycles. The van der Waals surface area contributed by atoms with Crippen LogP contribution in [0, 0.1) is 0 Å². The number of carbonyl (C=O) groups excluding carboxylic acids is 2. The standard InChI is InChI=1S/C23H23N3O5S/c1-3-10-26-17-11-15(8-9-18(17)31-13-22(26)28)16-14-32-23(24-16)25-21(27)12-30-20-7-5-4-6-19(20)29-2/h4-9,11,14H,3,10,12-13H2,1-2H3,(H,24,25,27). The summed E-state index contributed by atoms with van der Waals surface area (Å²) in [6, 6.07) is 12.8. The largest absolute Gasteiger partial charge is 0.493 e. The predicted molar refractivity (Wildman–Crippen MR) is 123 cm³/mol. The van der Waals surface area contributed by atoms with Crippen molar-refractivity contribution in [1.29, 1.82) is 0 Å². The maximum absolute atomic E-state index is 12.3. The van der Waals surface area contributed by atoms with Crippen molar-refractivity contribution in [3.05, 3.63) is 47.8 Å². The van der Waals surface area contributed by atoms with E-state index < -0.39 is 0 Å². The molecule has 0 bridgehead atoms. The molecule has 2 heterocycles. The second-order valence-corrected chi connectivity index (χ2v) is 7.90. The van der Waals surface area contributed by atoms with Gasteiger partial charge in [0.1, 0.15) is 5.75 Å². The summed E-state index contributed by atoms with van der Waals surface area (Å²) in [4.78, 5) is 30.8. The van der Waals surface area contributed by atoms with Gasteiger partial charge < -0.3 is 19.1 Å². The molecule has 0 unspecified atom stereocenters. The maximum atomic E-state index is 12.3. The number of benzene rings is 2. The van der Waals surface area contributed by atoms with Crippen molar-refractivity contribution in [2.24, 2.45) is 0 Å². The molecule has 0 radical (unpaired) electrons. The molecule has 9 heteroatoms. The van der Waals surface area contributed by atoms with Crippen LogP contribution in [-0.4, -0.2) is 43.7 Å². The van der Waals surface area contributed by atoms with E-state index in [1.807, 2.05) is 42.6 Å². The van der Waals surface area contributed by atoms with Crippen LogP contribution in [0.1, 0.15) is 13.3 Å². The second kappa shape index (κ2) is 9.69. The molecule has 1 N–H and O–H groups in total. The first-order valence-corrected chi connectivity index (χ1v) is 11.1. The van der Waals surface area contributed by atoms with Crippen LogP contribution in [0.3, 0.4) is 0 Å². The van der Waals surface area contributed by atoms with E-state index in [9.17, 15) is 9.59 Å². The van der Waals surface area contributed by atoms with Gasteiger partial charge in [-0.3, -0.25) is 14.9 Å². The van der Waals surface area contributed by atoms with Gasteiger partial charge in [-0.25, -0.2) is 4.98 Å². The van der Waals surface area contributed by atoms with Crippen LogP contribution >= 0.6 is 11.3 Å². The highest BCUT2D eigenvalue weighted by Crippen LogP contribution is 2.37. The van der Waals surface area contributed by atoms with Crippen LogP contribution in [0.25, 0.3) is 11.3 Å². The lowest BCUT2D eigenvalue weighted by atomic mass is 10.1. The number of amides is 2. The van der Waals surface area contributed by atoms with Crippen molar-refractivity contribution in [1.82, 2.24) is 4.98 Å². The van der Waals surface area contributed by atoms with Crippen molar-refractivity contribution in [3.8, 4) is 28.5 Å². The van der Waals surface area contributed by atoms with Crippen molar-refractivity contribution in [2.45, 2.75) is 13.3 Å². The van der Waals surface area contributed by atoms with Gasteiger partial charge in [0.15, 0.2) is 29.8 Å². The number of methoxy groups -OCH3 is 1. The predicted octanol–water partition coefficient (Wildman–Crippen LogP) is 3.97. The number of thiazole rings is 1. The number of ether oxygens (including phenoxy) is 3. The summed E-state index contributed by atoms with van der Waals surface area (Å²) in [5, 5.41) is 5.07. The first kappa shape index (κ1) is 21.6. The fourth-order valence-corrected chi connectivity index (χ4v) is 4.07. The Balaban J connectivity index is 1.44. The Hall–Kier alpha value is -3.59. The van der Waals surface area contributed by atoms with Gasteiger partial charge in [0.2, 0.25) is 0 Å². The Morgan fingerprint density at radius 3 is 2.84 bits per heavy atom. The number of aromatic nitrogens is 1. The van der Waals surface area contributed by atoms with Gasteiger partial charge in [0.05, 0.1) is 18.5 Å². The molecule has 1 aromatic heterocycles.